The van der Waals surface area contributed by atoms with E-state index in [0.717, 1.165) is 12.2 Å². The molecule has 0 aromatic heterocycles. The molecule has 4 N–H and O–H groups in total. The van der Waals surface area contributed by atoms with Crippen LogP contribution < -0.4 is 0 Å². The molecule has 0 amide bonds. The SMILES string of the molecule is C=CC(=O)O.C=CC(=O)O.OCC(F)(F)C12C(F)(F)C3(F)C(F)(F)C(F)(C1(F)F)C(F)(F)C(C(F)(F)CO)(C3(F)F)C2(F)F. The van der Waals surface area contributed by atoms with Crippen LogP contribution in [0.5, 0.6) is 0 Å². The zero-order chi connectivity index (χ0) is 36.0. The van der Waals surface area contributed by atoms with Crippen LogP contribution in [0.25, 0.3) is 0 Å². The average molecular weight is 692 g/mol. The van der Waals surface area contributed by atoms with Gasteiger partial charge in [0, 0.05) is 12.2 Å². The standard InChI is InChI=1S/C14H6F18O2.2C3H4O2/c15-3(16,1-33)5-9(21,22)6(4(17,18)2-34)12(27,28)7(19,10(5,23)24)14(31,32)8(20,11(5,25)26)13(6,29)30;2*1-2-3(4)5/h33-34H,1-2H2;2*2H,1H2,(H,4,5). The lowest BCUT2D eigenvalue weighted by molar-refractivity contribution is -0.648. The molecule has 4 bridgehead atoms. The number of carboxylic acids is 2. The molecule has 4 aliphatic carbocycles. The van der Waals surface area contributed by atoms with Crippen LogP contribution in [0.1, 0.15) is 0 Å². The summed E-state index contributed by atoms with van der Waals surface area (Å²) in [7, 11) is 0. The number of rotatable bonds is 6. The first kappa shape index (κ1) is 39.1. The molecular weight excluding hydrogens is 678 g/mol. The summed E-state index contributed by atoms with van der Waals surface area (Å²) in [6.07, 6.45) is 1.67. The predicted octanol–water partition coefficient (Wildman–Crippen LogP) is 5.00. The number of alkyl halides is 18. The van der Waals surface area contributed by atoms with E-state index in [1.165, 1.54) is 0 Å². The minimum atomic E-state index is -8.51. The van der Waals surface area contributed by atoms with Gasteiger partial charge in [-0.3, -0.25) is 0 Å². The smallest absolute Gasteiger partial charge is 0.338 e. The number of hydrogen-bond acceptors (Lipinski definition) is 4. The van der Waals surface area contributed by atoms with Crippen LogP contribution in [0.2, 0.25) is 0 Å². The van der Waals surface area contributed by atoms with Gasteiger partial charge >= 0.3 is 52.9 Å². The molecule has 0 atom stereocenters. The fraction of sp³-hybridized carbons (Fsp3) is 0.700. The zero-order valence-corrected chi connectivity index (χ0v) is 20.4. The van der Waals surface area contributed by atoms with Crippen molar-refractivity contribution in [3.63, 3.8) is 0 Å². The Bertz CT molecular complexity index is 1090. The van der Waals surface area contributed by atoms with E-state index in [4.69, 9.17) is 20.4 Å². The van der Waals surface area contributed by atoms with Crippen molar-refractivity contribution in [3.05, 3.63) is 25.3 Å². The molecule has 4 saturated carbocycles. The molecule has 4 fully saturated rings. The van der Waals surface area contributed by atoms with Gasteiger partial charge in [0.15, 0.2) is 0 Å². The van der Waals surface area contributed by atoms with E-state index in [9.17, 15) is 79.8 Å². The van der Waals surface area contributed by atoms with Crippen molar-refractivity contribution in [2.24, 2.45) is 10.8 Å². The summed E-state index contributed by atoms with van der Waals surface area (Å²) in [4.78, 5) is 18.5. The molecule has 0 saturated heterocycles. The summed E-state index contributed by atoms with van der Waals surface area (Å²) < 4.78 is 263. The van der Waals surface area contributed by atoms with E-state index < -0.39 is 94.7 Å². The number of aliphatic carboxylic acids is 2. The molecule has 24 heteroatoms. The summed E-state index contributed by atoms with van der Waals surface area (Å²) in [5.74, 6) is -67.3. The molecule has 0 radical (unpaired) electrons. The van der Waals surface area contributed by atoms with Gasteiger partial charge in [-0.2, -0.15) is 8.78 Å². The van der Waals surface area contributed by atoms with Crippen molar-refractivity contribution < 1.29 is 109 Å². The molecule has 6 nitrogen and oxygen atoms in total. The quantitative estimate of drug-likeness (QED) is 0.230. The van der Waals surface area contributed by atoms with Gasteiger partial charge in [-0.1, -0.05) is 13.2 Å². The van der Waals surface area contributed by atoms with Gasteiger partial charge in [0.2, 0.25) is 10.8 Å². The molecular formula is C20H14F18O6. The van der Waals surface area contributed by atoms with Gasteiger partial charge in [-0.15, -0.1) is 0 Å². The van der Waals surface area contributed by atoms with E-state index in [1.807, 2.05) is 0 Å². The number of aliphatic hydroxyl groups excluding tert-OH is 2. The summed E-state index contributed by atoms with van der Waals surface area (Å²) in [6, 6.07) is 0. The number of carbonyl (C=O) groups is 2. The van der Waals surface area contributed by atoms with Crippen molar-refractivity contribution in [2.75, 3.05) is 13.2 Å². The summed E-state index contributed by atoms with van der Waals surface area (Å²) >= 11 is 0. The average Bonchev–Trinajstić information content (AvgIpc) is 2.84. The Labute approximate surface area is 230 Å². The van der Waals surface area contributed by atoms with Crippen LogP contribution in [0.15, 0.2) is 25.3 Å². The third-order valence-corrected chi connectivity index (χ3v) is 7.27. The highest BCUT2D eigenvalue weighted by Gasteiger charge is 3.25. The van der Waals surface area contributed by atoms with Crippen molar-refractivity contribution >= 4 is 11.9 Å². The van der Waals surface area contributed by atoms with Crippen LogP contribution in [-0.2, 0) is 9.59 Å². The first-order valence-electron chi connectivity index (χ1n) is 10.5. The van der Waals surface area contributed by atoms with Crippen LogP contribution in [0.4, 0.5) is 79.0 Å². The van der Waals surface area contributed by atoms with Gasteiger partial charge in [0.05, 0.1) is 0 Å². The maximum atomic E-state index is 15.1. The molecule has 0 aromatic carbocycles. The van der Waals surface area contributed by atoms with Crippen LogP contribution in [-0.4, -0.2) is 104 Å². The minimum absolute atomic E-state index is 0.833. The molecule has 4 rings (SSSR count). The van der Waals surface area contributed by atoms with Gasteiger partial charge in [-0.05, 0) is 0 Å². The maximum Gasteiger partial charge on any atom is 0.338 e. The summed E-state index contributed by atoms with van der Waals surface area (Å²) in [5.41, 5.74) is -33.1. The number of aliphatic hydroxyl groups is 2. The topological polar surface area (TPSA) is 115 Å². The van der Waals surface area contributed by atoms with Crippen molar-refractivity contribution in [1.82, 2.24) is 0 Å². The number of carboxylic acid groups (broad SMARTS) is 2. The Morgan fingerprint density at radius 1 is 0.500 bits per heavy atom. The second kappa shape index (κ2) is 9.79. The second-order valence-electron chi connectivity index (χ2n) is 9.07. The van der Waals surface area contributed by atoms with E-state index in [0.29, 0.717) is 0 Å². The Morgan fingerprint density at radius 2 is 0.682 bits per heavy atom. The van der Waals surface area contributed by atoms with Crippen LogP contribution in [0, 0.1) is 10.8 Å². The molecule has 0 spiro atoms. The molecule has 0 heterocycles. The minimum Gasteiger partial charge on any atom is -0.478 e. The van der Waals surface area contributed by atoms with Crippen LogP contribution in [0.3, 0.4) is 0 Å². The van der Waals surface area contributed by atoms with E-state index in [-0.39, 0.29) is 0 Å². The Balaban J connectivity index is 0.000000837. The van der Waals surface area contributed by atoms with Crippen LogP contribution >= 0.6 is 0 Å². The first-order valence-corrected chi connectivity index (χ1v) is 10.5. The van der Waals surface area contributed by atoms with E-state index in [2.05, 4.69) is 13.2 Å². The predicted molar refractivity (Wildman–Crippen MR) is 102 cm³/mol. The molecule has 44 heavy (non-hydrogen) atoms. The monoisotopic (exact) mass is 692 g/mol. The first-order chi connectivity index (χ1) is 19.2. The third-order valence-electron chi connectivity index (χ3n) is 7.27. The van der Waals surface area contributed by atoms with Gasteiger partial charge in [-0.25, -0.2) is 79.8 Å². The molecule has 0 unspecified atom stereocenters. The number of halogens is 18. The van der Waals surface area contributed by atoms with Crippen molar-refractivity contribution in [3.8, 4) is 0 Å². The second-order valence-corrected chi connectivity index (χ2v) is 9.07. The molecule has 4 aliphatic rings. The zero-order valence-electron chi connectivity index (χ0n) is 20.4. The van der Waals surface area contributed by atoms with Crippen molar-refractivity contribution in [1.29, 1.82) is 0 Å². The van der Waals surface area contributed by atoms with E-state index >= 15 is 8.78 Å². The maximum absolute atomic E-state index is 15.1. The Hall–Kier alpha value is -2.92. The summed E-state index contributed by atoms with van der Waals surface area (Å²) in [6.45, 7) is -1.93. The highest BCUT2D eigenvalue weighted by molar-refractivity contribution is 5.79. The molecule has 256 valence electrons. The third kappa shape index (κ3) is 3.20. The lowest BCUT2D eigenvalue weighted by Gasteiger charge is -2.78. The summed E-state index contributed by atoms with van der Waals surface area (Å²) in [5, 5.41) is 32.1. The van der Waals surface area contributed by atoms with Gasteiger partial charge in [0.25, 0.3) is 17.8 Å². The van der Waals surface area contributed by atoms with Gasteiger partial charge < -0.3 is 20.4 Å². The fourth-order valence-corrected chi connectivity index (χ4v) is 5.53. The van der Waals surface area contributed by atoms with E-state index in [1.54, 1.807) is 0 Å². The lowest BCUT2D eigenvalue weighted by atomic mass is 9.30. The highest BCUT2D eigenvalue weighted by Crippen LogP contribution is 2.95. The molecule has 0 aliphatic heterocycles. The lowest BCUT2D eigenvalue weighted by Crippen LogP contribution is -3.09. The normalized spacial score (nSPS) is 36.1. The van der Waals surface area contributed by atoms with Crippen molar-refractivity contribution in [2.45, 2.75) is 58.7 Å². The largest absolute Gasteiger partial charge is 0.478 e. The fourth-order valence-electron chi connectivity index (χ4n) is 5.53. The Kier molecular flexibility index (Phi) is 8.70. The Morgan fingerprint density at radius 3 is 0.818 bits per heavy atom. The molecule has 0 aromatic rings. The highest BCUT2D eigenvalue weighted by atomic mass is 19.3. The van der Waals surface area contributed by atoms with Gasteiger partial charge in [0.1, 0.15) is 13.2 Å². The number of hydrogen-bond donors (Lipinski definition) is 4.